The fraction of sp³-hybridized carbons (Fsp3) is 0.0526. The Morgan fingerprint density at radius 1 is 1.14 bits per heavy atom. The normalized spacial score (nSPS) is 12.7. The van der Waals surface area contributed by atoms with E-state index in [0.29, 0.717) is 22.2 Å². The number of carbonyl (C=O) groups is 2. The second-order valence-electron chi connectivity index (χ2n) is 5.83. The van der Waals surface area contributed by atoms with Crippen LogP contribution < -0.4 is 5.32 Å². The molecule has 1 atom stereocenters. The minimum Gasteiger partial charge on any atom is -0.771 e. The summed E-state index contributed by atoms with van der Waals surface area (Å²) in [5.41, 5.74) is 1.31. The number of H-pyrrole nitrogens is 1. The van der Waals surface area contributed by atoms with Crippen molar-refractivity contribution >= 4 is 51.3 Å². The summed E-state index contributed by atoms with van der Waals surface area (Å²) in [6.45, 7) is 0. The van der Waals surface area contributed by atoms with E-state index in [2.05, 4.69) is 10.3 Å². The van der Waals surface area contributed by atoms with E-state index < -0.39 is 23.0 Å². The molecule has 4 N–H and O–H groups in total. The van der Waals surface area contributed by atoms with Crippen LogP contribution in [0.25, 0.3) is 22.6 Å². The van der Waals surface area contributed by atoms with Crippen LogP contribution in [0, 0.1) is 0 Å². The molecular weight excluding hydrogens is 384 g/mol. The lowest BCUT2D eigenvalue weighted by Crippen LogP contribution is -2.08. The molecule has 3 aromatic rings. The number of aromatic nitrogens is 1. The number of anilines is 1. The van der Waals surface area contributed by atoms with Gasteiger partial charge < -0.3 is 25.1 Å². The maximum absolute atomic E-state index is 11.9. The highest BCUT2D eigenvalue weighted by Gasteiger charge is 2.19. The molecule has 8 nitrogen and oxygen atoms in total. The molecule has 0 amide bonds. The van der Waals surface area contributed by atoms with Gasteiger partial charge in [0.25, 0.3) is 0 Å². The van der Waals surface area contributed by atoms with Crippen molar-refractivity contribution in [2.45, 2.75) is 0 Å². The molecule has 0 saturated heterocycles. The average molecular weight is 399 g/mol. The zero-order chi connectivity index (χ0) is 20.3. The van der Waals surface area contributed by atoms with Crippen molar-refractivity contribution in [3.63, 3.8) is 0 Å². The minimum absolute atomic E-state index is 0.115. The molecule has 9 heteroatoms. The molecule has 1 unspecified atom stereocenters. The number of nitrogens with one attached hydrogen (secondary N) is 2. The van der Waals surface area contributed by atoms with Gasteiger partial charge in [-0.05, 0) is 40.9 Å². The van der Waals surface area contributed by atoms with Crippen molar-refractivity contribution in [3.05, 3.63) is 65.4 Å². The molecule has 3 rings (SSSR count). The van der Waals surface area contributed by atoms with Crippen LogP contribution in [0.3, 0.4) is 0 Å². The van der Waals surface area contributed by atoms with Gasteiger partial charge in [-0.3, -0.25) is 4.21 Å². The third-order valence-electron chi connectivity index (χ3n) is 4.05. The number of carboxylic acids is 2. The van der Waals surface area contributed by atoms with E-state index in [-0.39, 0.29) is 22.7 Å². The van der Waals surface area contributed by atoms with E-state index in [1.54, 1.807) is 42.5 Å². The minimum atomic E-state index is -2.30. The smallest absolute Gasteiger partial charge is 0.352 e. The number of aliphatic carboxylic acids is 1. The third-order valence-corrected chi connectivity index (χ3v) is 4.43. The Kier molecular flexibility index (Phi) is 5.57. The van der Waals surface area contributed by atoms with Crippen molar-refractivity contribution in [2.24, 2.45) is 0 Å². The Balaban J connectivity index is 2.13. The van der Waals surface area contributed by atoms with Crippen molar-refractivity contribution in [3.8, 4) is 0 Å². The SMILES string of the molecule is O=C(O)C(=Cc1c(C(=O)O)[nH]c2ccccc12)c1cccc(NCS(=O)[O-])c1. The Morgan fingerprint density at radius 3 is 2.57 bits per heavy atom. The van der Waals surface area contributed by atoms with Crippen molar-refractivity contribution in [2.75, 3.05) is 11.2 Å². The van der Waals surface area contributed by atoms with Crippen LogP contribution >= 0.6 is 0 Å². The van der Waals surface area contributed by atoms with Crippen LogP contribution in [-0.2, 0) is 15.9 Å². The Morgan fingerprint density at radius 2 is 1.89 bits per heavy atom. The van der Waals surface area contributed by atoms with Crippen LogP contribution in [0.15, 0.2) is 48.5 Å². The van der Waals surface area contributed by atoms with Gasteiger partial charge in [-0.2, -0.15) is 0 Å². The van der Waals surface area contributed by atoms with E-state index >= 15 is 0 Å². The van der Waals surface area contributed by atoms with E-state index in [1.807, 2.05) is 0 Å². The van der Waals surface area contributed by atoms with Gasteiger partial charge >= 0.3 is 11.9 Å². The molecular formula is C19H15N2O6S-. The number of hydrogen-bond donors (Lipinski definition) is 4. The third kappa shape index (κ3) is 4.11. The molecule has 0 aliphatic heterocycles. The highest BCUT2D eigenvalue weighted by Crippen LogP contribution is 2.28. The summed E-state index contributed by atoms with van der Waals surface area (Å²) >= 11 is -2.30. The van der Waals surface area contributed by atoms with E-state index in [0.717, 1.165) is 0 Å². The quantitative estimate of drug-likeness (QED) is 0.353. The first kappa shape index (κ1) is 19.3. The standard InChI is InChI=1S/C19H16N2O6S/c22-18(23)14(11-4-3-5-12(8-11)20-10-28(26)27)9-15-13-6-1-2-7-16(13)21-17(15)19(24)25/h1-9,20-21H,10H2,(H,22,23)(H,24,25)(H,26,27)/p-1. The molecule has 0 fully saturated rings. The predicted molar refractivity (Wildman–Crippen MR) is 105 cm³/mol. The summed E-state index contributed by atoms with van der Waals surface area (Å²) in [4.78, 5) is 26.3. The number of para-hydroxylation sites is 1. The van der Waals surface area contributed by atoms with E-state index in [4.69, 9.17) is 0 Å². The zero-order valence-corrected chi connectivity index (χ0v) is 15.2. The molecule has 0 spiro atoms. The molecule has 0 saturated carbocycles. The monoisotopic (exact) mass is 399 g/mol. The Bertz CT molecular complexity index is 1120. The number of aromatic carboxylic acids is 1. The molecule has 2 aromatic carbocycles. The molecule has 0 bridgehead atoms. The number of aromatic amines is 1. The zero-order valence-electron chi connectivity index (χ0n) is 14.3. The first-order valence-corrected chi connectivity index (χ1v) is 9.30. The topological polar surface area (TPSA) is 143 Å². The van der Waals surface area contributed by atoms with Gasteiger partial charge in [-0.25, -0.2) is 9.59 Å². The van der Waals surface area contributed by atoms with Crippen LogP contribution in [0.4, 0.5) is 5.69 Å². The van der Waals surface area contributed by atoms with Crippen molar-refractivity contribution in [1.29, 1.82) is 0 Å². The van der Waals surface area contributed by atoms with Gasteiger partial charge in [-0.1, -0.05) is 30.3 Å². The van der Waals surface area contributed by atoms with Gasteiger partial charge in [0.05, 0.1) is 11.4 Å². The maximum Gasteiger partial charge on any atom is 0.352 e. The highest BCUT2D eigenvalue weighted by atomic mass is 32.2. The van der Waals surface area contributed by atoms with Crippen LogP contribution in [-0.4, -0.2) is 41.8 Å². The number of fused-ring (bicyclic) bond motifs is 1. The summed E-state index contributed by atoms with van der Waals surface area (Å²) in [6, 6.07) is 13.1. The van der Waals surface area contributed by atoms with Gasteiger partial charge in [0.15, 0.2) is 0 Å². The second-order valence-corrected chi connectivity index (χ2v) is 6.73. The lowest BCUT2D eigenvalue weighted by molar-refractivity contribution is -0.130. The molecule has 28 heavy (non-hydrogen) atoms. The summed E-state index contributed by atoms with van der Waals surface area (Å²) in [5.74, 6) is -2.77. The first-order chi connectivity index (χ1) is 13.4. The second kappa shape index (κ2) is 8.07. The maximum atomic E-state index is 11.9. The van der Waals surface area contributed by atoms with Gasteiger partial charge in [0, 0.05) is 22.2 Å². The Hall–Kier alpha value is -3.43. The summed E-state index contributed by atoms with van der Waals surface area (Å²) in [6.07, 6.45) is 1.30. The largest absolute Gasteiger partial charge is 0.771 e. The number of rotatable bonds is 7. The van der Waals surface area contributed by atoms with E-state index in [1.165, 1.54) is 12.1 Å². The average Bonchev–Trinajstić information content (AvgIpc) is 3.03. The molecule has 0 radical (unpaired) electrons. The summed E-state index contributed by atoms with van der Waals surface area (Å²) in [5, 5.41) is 22.4. The van der Waals surface area contributed by atoms with Crippen LogP contribution in [0.1, 0.15) is 21.6 Å². The highest BCUT2D eigenvalue weighted by molar-refractivity contribution is 7.79. The fourth-order valence-corrected chi connectivity index (χ4v) is 3.12. The van der Waals surface area contributed by atoms with Crippen LogP contribution in [0.2, 0.25) is 0 Å². The summed E-state index contributed by atoms with van der Waals surface area (Å²) in [7, 11) is 0. The predicted octanol–water partition coefficient (Wildman–Crippen LogP) is 2.74. The van der Waals surface area contributed by atoms with E-state index in [9.17, 15) is 28.6 Å². The number of carboxylic acid groups (broad SMARTS) is 2. The van der Waals surface area contributed by atoms with Gasteiger partial charge in [0.1, 0.15) is 5.69 Å². The molecule has 0 aliphatic carbocycles. The van der Waals surface area contributed by atoms with Gasteiger partial charge in [0.2, 0.25) is 0 Å². The number of benzene rings is 2. The fourth-order valence-electron chi connectivity index (χ4n) is 2.83. The molecule has 1 heterocycles. The van der Waals surface area contributed by atoms with Crippen molar-refractivity contribution < 1.29 is 28.6 Å². The molecule has 144 valence electrons. The van der Waals surface area contributed by atoms with Crippen LogP contribution in [0.5, 0.6) is 0 Å². The molecule has 0 aliphatic rings. The number of hydrogen-bond acceptors (Lipinski definition) is 5. The Labute approximate surface area is 161 Å². The van der Waals surface area contributed by atoms with Crippen molar-refractivity contribution in [1.82, 2.24) is 4.98 Å². The lowest BCUT2D eigenvalue weighted by Gasteiger charge is -2.10. The lowest BCUT2D eigenvalue weighted by atomic mass is 10.0. The van der Waals surface area contributed by atoms with Gasteiger partial charge in [-0.15, -0.1) is 0 Å². The summed E-state index contributed by atoms with van der Waals surface area (Å²) < 4.78 is 21.4. The molecule has 1 aromatic heterocycles. The first-order valence-electron chi connectivity index (χ1n) is 8.06.